The highest BCUT2D eigenvalue weighted by Gasteiger charge is 2.17. The largest absolute Gasteiger partial charge is 0.489 e. The summed E-state index contributed by atoms with van der Waals surface area (Å²) in [6, 6.07) is 0.697. The van der Waals surface area contributed by atoms with Gasteiger partial charge in [-0.1, -0.05) is 13.8 Å². The molecule has 0 aromatic carbocycles. The van der Waals surface area contributed by atoms with Crippen LogP contribution in [0.15, 0.2) is 12.4 Å². The molecular formula is C15H27N3O. The van der Waals surface area contributed by atoms with Crippen molar-refractivity contribution in [1.29, 1.82) is 0 Å². The minimum Gasteiger partial charge on any atom is -0.489 e. The molecule has 2 rings (SSSR count). The molecule has 1 aromatic heterocycles. The highest BCUT2D eigenvalue weighted by atomic mass is 16.5. The van der Waals surface area contributed by atoms with Crippen molar-refractivity contribution >= 4 is 0 Å². The molecule has 1 aliphatic carbocycles. The lowest BCUT2D eigenvalue weighted by Gasteiger charge is -2.26. The zero-order valence-corrected chi connectivity index (χ0v) is 12.3. The maximum Gasteiger partial charge on any atom is 0.157 e. The van der Waals surface area contributed by atoms with Gasteiger partial charge in [0.25, 0.3) is 0 Å². The topological polar surface area (TPSA) is 39.1 Å². The number of rotatable bonds is 7. The average Bonchev–Trinajstić information content (AvgIpc) is 2.85. The Morgan fingerprint density at radius 3 is 2.89 bits per heavy atom. The van der Waals surface area contributed by atoms with Crippen molar-refractivity contribution in [2.45, 2.75) is 58.5 Å². The Labute approximate surface area is 116 Å². The number of aryl methyl sites for hydroxylation is 1. The summed E-state index contributed by atoms with van der Waals surface area (Å²) in [5, 5.41) is 7.85. The summed E-state index contributed by atoms with van der Waals surface area (Å²) in [6.07, 6.45) is 10.2. The first-order valence-electron chi connectivity index (χ1n) is 7.66. The number of nitrogens with zero attached hydrogens (tertiary/aromatic N) is 2. The lowest BCUT2D eigenvalue weighted by atomic mass is 9.87. The van der Waals surface area contributed by atoms with Crippen LogP contribution in [-0.4, -0.2) is 29.0 Å². The van der Waals surface area contributed by atoms with Crippen molar-refractivity contribution in [2.75, 3.05) is 13.2 Å². The van der Waals surface area contributed by atoms with Crippen LogP contribution in [0.25, 0.3) is 0 Å². The van der Waals surface area contributed by atoms with Gasteiger partial charge < -0.3 is 10.1 Å². The van der Waals surface area contributed by atoms with E-state index < -0.39 is 0 Å². The molecule has 108 valence electrons. The number of aromatic nitrogens is 2. The quantitative estimate of drug-likeness (QED) is 0.771. The Bertz CT molecular complexity index is 356. The predicted octanol–water partition coefficient (Wildman–Crippen LogP) is 2.84. The Morgan fingerprint density at radius 2 is 2.16 bits per heavy atom. The van der Waals surface area contributed by atoms with E-state index in [1.54, 1.807) is 6.20 Å². The minimum atomic E-state index is 0.697. The third-order valence-corrected chi connectivity index (χ3v) is 3.88. The normalized spacial score (nSPS) is 23.5. The maximum absolute atomic E-state index is 5.70. The molecule has 4 heteroatoms. The zero-order valence-electron chi connectivity index (χ0n) is 12.3. The van der Waals surface area contributed by atoms with E-state index >= 15 is 0 Å². The fraction of sp³-hybridized carbons (Fsp3) is 0.800. The summed E-state index contributed by atoms with van der Waals surface area (Å²) in [5.41, 5.74) is 0. The van der Waals surface area contributed by atoms with Gasteiger partial charge in [-0.2, -0.15) is 5.10 Å². The van der Waals surface area contributed by atoms with Gasteiger partial charge in [-0.15, -0.1) is 0 Å². The van der Waals surface area contributed by atoms with E-state index in [4.69, 9.17) is 4.74 Å². The lowest BCUT2D eigenvalue weighted by molar-refractivity contribution is 0.270. The molecule has 0 unspecified atom stereocenters. The third-order valence-electron chi connectivity index (χ3n) is 3.88. The summed E-state index contributed by atoms with van der Waals surface area (Å²) < 4.78 is 7.64. The summed E-state index contributed by atoms with van der Waals surface area (Å²) in [5.74, 6) is 1.80. The minimum absolute atomic E-state index is 0.697. The predicted molar refractivity (Wildman–Crippen MR) is 77.4 cm³/mol. The van der Waals surface area contributed by atoms with Crippen molar-refractivity contribution in [3.8, 4) is 5.75 Å². The van der Waals surface area contributed by atoms with Crippen LogP contribution < -0.4 is 10.1 Å². The standard InChI is InChI=1S/C15H27N3O/c1-3-9-18-12-15(11-17-18)19-10-8-16-14-6-4-13(2)5-7-14/h11-14,16H,3-10H2,1-2H3. The van der Waals surface area contributed by atoms with Crippen LogP contribution in [0.3, 0.4) is 0 Å². The van der Waals surface area contributed by atoms with Crippen LogP contribution in [0, 0.1) is 5.92 Å². The second kappa shape index (κ2) is 7.53. The first kappa shape index (κ1) is 14.4. The fourth-order valence-electron chi connectivity index (χ4n) is 2.67. The zero-order chi connectivity index (χ0) is 13.5. The highest BCUT2D eigenvalue weighted by molar-refractivity contribution is 5.11. The molecule has 0 bridgehead atoms. The van der Waals surface area contributed by atoms with Crippen molar-refractivity contribution in [1.82, 2.24) is 15.1 Å². The molecule has 1 heterocycles. The third kappa shape index (κ3) is 4.86. The van der Waals surface area contributed by atoms with E-state index in [2.05, 4.69) is 24.3 Å². The second-order valence-electron chi connectivity index (χ2n) is 5.70. The van der Waals surface area contributed by atoms with Gasteiger partial charge in [-0.05, 0) is 38.0 Å². The molecule has 4 nitrogen and oxygen atoms in total. The van der Waals surface area contributed by atoms with Crippen LogP contribution >= 0.6 is 0 Å². The molecule has 1 aliphatic rings. The smallest absolute Gasteiger partial charge is 0.157 e. The van der Waals surface area contributed by atoms with Crippen molar-refractivity contribution in [2.24, 2.45) is 5.92 Å². The molecule has 1 aromatic rings. The second-order valence-corrected chi connectivity index (χ2v) is 5.70. The summed E-state index contributed by atoms with van der Waals surface area (Å²) in [6.45, 7) is 7.12. The van der Waals surface area contributed by atoms with Crippen molar-refractivity contribution < 1.29 is 4.74 Å². The number of nitrogens with one attached hydrogen (secondary N) is 1. The maximum atomic E-state index is 5.70. The van der Waals surface area contributed by atoms with Gasteiger partial charge in [0.15, 0.2) is 5.75 Å². The Morgan fingerprint density at radius 1 is 1.37 bits per heavy atom. The first-order valence-corrected chi connectivity index (χ1v) is 7.66. The molecule has 0 atom stereocenters. The molecule has 19 heavy (non-hydrogen) atoms. The molecular weight excluding hydrogens is 238 g/mol. The SMILES string of the molecule is CCCn1cc(OCCNC2CCC(C)CC2)cn1. The van der Waals surface area contributed by atoms with Gasteiger partial charge in [-0.25, -0.2) is 0 Å². The van der Waals surface area contributed by atoms with Crippen LogP contribution in [0.5, 0.6) is 5.75 Å². The van der Waals surface area contributed by atoms with Gasteiger partial charge in [0.1, 0.15) is 6.61 Å². The molecule has 0 spiro atoms. The van der Waals surface area contributed by atoms with Gasteiger partial charge in [0, 0.05) is 19.1 Å². The Balaban J connectivity index is 1.58. The van der Waals surface area contributed by atoms with E-state index in [1.165, 1.54) is 25.7 Å². The lowest BCUT2D eigenvalue weighted by Crippen LogP contribution is -2.35. The Kier molecular flexibility index (Phi) is 5.70. The van der Waals surface area contributed by atoms with Crippen LogP contribution in [0.2, 0.25) is 0 Å². The summed E-state index contributed by atoms with van der Waals surface area (Å²) in [4.78, 5) is 0. The molecule has 0 saturated heterocycles. The van der Waals surface area contributed by atoms with E-state index in [1.807, 2.05) is 10.9 Å². The van der Waals surface area contributed by atoms with Crippen LogP contribution in [0.1, 0.15) is 46.0 Å². The van der Waals surface area contributed by atoms with Crippen LogP contribution in [-0.2, 0) is 6.54 Å². The van der Waals surface area contributed by atoms with Crippen LogP contribution in [0.4, 0.5) is 0 Å². The molecule has 1 N–H and O–H groups in total. The van der Waals surface area contributed by atoms with E-state index in [9.17, 15) is 0 Å². The molecule has 1 fully saturated rings. The average molecular weight is 265 g/mol. The molecule has 0 amide bonds. The number of hydrogen-bond acceptors (Lipinski definition) is 3. The van der Waals surface area contributed by atoms with Gasteiger partial charge in [-0.3, -0.25) is 4.68 Å². The van der Waals surface area contributed by atoms with E-state index in [0.29, 0.717) is 6.04 Å². The molecule has 0 radical (unpaired) electrons. The Hall–Kier alpha value is -1.03. The highest BCUT2D eigenvalue weighted by Crippen LogP contribution is 2.23. The number of ether oxygens (including phenoxy) is 1. The summed E-state index contributed by atoms with van der Waals surface area (Å²) >= 11 is 0. The molecule has 1 saturated carbocycles. The molecule has 0 aliphatic heterocycles. The fourth-order valence-corrected chi connectivity index (χ4v) is 2.67. The summed E-state index contributed by atoms with van der Waals surface area (Å²) in [7, 11) is 0. The number of hydrogen-bond donors (Lipinski definition) is 1. The van der Waals surface area contributed by atoms with Crippen molar-refractivity contribution in [3.63, 3.8) is 0 Å². The monoisotopic (exact) mass is 265 g/mol. The first-order chi connectivity index (χ1) is 9.28. The van der Waals surface area contributed by atoms with Gasteiger partial charge >= 0.3 is 0 Å². The van der Waals surface area contributed by atoms with E-state index in [0.717, 1.165) is 37.8 Å². The van der Waals surface area contributed by atoms with E-state index in [-0.39, 0.29) is 0 Å². The van der Waals surface area contributed by atoms with Crippen molar-refractivity contribution in [3.05, 3.63) is 12.4 Å². The van der Waals surface area contributed by atoms with Gasteiger partial charge in [0.05, 0.1) is 12.4 Å². The van der Waals surface area contributed by atoms with Gasteiger partial charge in [0.2, 0.25) is 0 Å².